The Morgan fingerprint density at radius 2 is 1.59 bits per heavy atom. The van der Waals surface area contributed by atoms with E-state index in [1.165, 1.54) is 6.08 Å². The average molecular weight is 387 g/mol. The van der Waals surface area contributed by atoms with E-state index in [2.05, 4.69) is 6.58 Å². The van der Waals surface area contributed by atoms with Crippen LogP contribution in [0.1, 0.15) is 12.0 Å². The number of halogens is 1. The fraction of sp³-hybridized carbons (Fsp3) is 0.143. The molecule has 5 nitrogen and oxygen atoms in total. The van der Waals surface area contributed by atoms with Crippen LogP contribution >= 0.6 is 11.6 Å². The topological polar surface area (TPSA) is 61.8 Å². The summed E-state index contributed by atoms with van der Waals surface area (Å²) in [5.41, 5.74) is 0.846. The Morgan fingerprint density at radius 1 is 0.926 bits per heavy atom. The lowest BCUT2D eigenvalue weighted by atomic mass is 10.2. The van der Waals surface area contributed by atoms with E-state index in [1.807, 2.05) is 0 Å². The van der Waals surface area contributed by atoms with E-state index < -0.39 is 11.9 Å². The predicted octanol–water partition coefficient (Wildman–Crippen LogP) is 4.46. The van der Waals surface area contributed by atoms with Crippen molar-refractivity contribution in [3.63, 3.8) is 0 Å². The first-order valence-corrected chi connectivity index (χ1v) is 8.62. The number of rotatable bonds is 9. The zero-order valence-electron chi connectivity index (χ0n) is 14.6. The van der Waals surface area contributed by atoms with Crippen LogP contribution in [0.25, 0.3) is 6.08 Å². The first kappa shape index (κ1) is 20.3. The van der Waals surface area contributed by atoms with Gasteiger partial charge in [0.15, 0.2) is 0 Å². The van der Waals surface area contributed by atoms with Gasteiger partial charge in [0.25, 0.3) is 0 Å². The molecule has 0 radical (unpaired) electrons. The average Bonchev–Trinajstić information content (AvgIpc) is 2.68. The highest BCUT2D eigenvalue weighted by Crippen LogP contribution is 2.18. The van der Waals surface area contributed by atoms with E-state index >= 15 is 0 Å². The molecule has 0 saturated heterocycles. The van der Waals surface area contributed by atoms with Gasteiger partial charge in [0.05, 0.1) is 13.2 Å². The number of carbonyl (C=O) groups is 2. The number of hydrogen-bond donors (Lipinski definition) is 0. The SMILES string of the molecule is C=CC(=O)OCCCOc1ccc(OC(=O)C=Cc2ccc(Cl)cc2)cc1. The minimum atomic E-state index is -0.484. The van der Waals surface area contributed by atoms with Crippen LogP contribution in [-0.4, -0.2) is 25.2 Å². The second-order valence-electron chi connectivity index (χ2n) is 5.35. The summed E-state index contributed by atoms with van der Waals surface area (Å²) in [4.78, 5) is 22.7. The van der Waals surface area contributed by atoms with Crippen molar-refractivity contribution in [3.05, 3.63) is 77.8 Å². The van der Waals surface area contributed by atoms with Crippen molar-refractivity contribution in [2.24, 2.45) is 0 Å². The number of benzene rings is 2. The maximum Gasteiger partial charge on any atom is 0.336 e. The van der Waals surface area contributed by atoms with E-state index in [-0.39, 0.29) is 6.61 Å². The van der Waals surface area contributed by atoms with E-state index in [4.69, 9.17) is 25.8 Å². The molecule has 0 aliphatic rings. The molecule has 6 heteroatoms. The number of hydrogen-bond acceptors (Lipinski definition) is 5. The third-order valence-corrected chi connectivity index (χ3v) is 3.54. The van der Waals surface area contributed by atoms with E-state index in [1.54, 1.807) is 54.6 Å². The second-order valence-corrected chi connectivity index (χ2v) is 5.79. The van der Waals surface area contributed by atoms with Crippen molar-refractivity contribution >= 4 is 29.6 Å². The van der Waals surface area contributed by atoms with Gasteiger partial charge in [-0.3, -0.25) is 0 Å². The molecule has 140 valence electrons. The van der Waals surface area contributed by atoms with Gasteiger partial charge in [-0.2, -0.15) is 0 Å². The molecule has 0 heterocycles. The van der Waals surface area contributed by atoms with Gasteiger partial charge in [0, 0.05) is 23.6 Å². The second kappa shape index (κ2) is 10.8. The molecule has 0 saturated carbocycles. The highest BCUT2D eigenvalue weighted by molar-refractivity contribution is 6.30. The van der Waals surface area contributed by atoms with Gasteiger partial charge in [-0.15, -0.1) is 0 Å². The molecule has 2 aromatic rings. The zero-order chi connectivity index (χ0) is 19.5. The van der Waals surface area contributed by atoms with Gasteiger partial charge in [-0.1, -0.05) is 30.3 Å². The Morgan fingerprint density at radius 3 is 2.26 bits per heavy atom. The molecule has 0 aliphatic heterocycles. The number of ether oxygens (including phenoxy) is 3. The molecule has 0 aromatic heterocycles. The largest absolute Gasteiger partial charge is 0.493 e. The monoisotopic (exact) mass is 386 g/mol. The Bertz CT molecular complexity index is 794. The van der Waals surface area contributed by atoms with Crippen molar-refractivity contribution in [3.8, 4) is 11.5 Å². The molecule has 0 unspecified atom stereocenters. The third-order valence-electron chi connectivity index (χ3n) is 3.29. The normalized spacial score (nSPS) is 10.4. The van der Waals surface area contributed by atoms with Crippen molar-refractivity contribution in [2.45, 2.75) is 6.42 Å². The lowest BCUT2D eigenvalue weighted by molar-refractivity contribution is -0.138. The molecular weight excluding hydrogens is 368 g/mol. The summed E-state index contributed by atoms with van der Waals surface area (Å²) in [6.07, 6.45) is 4.67. The molecule has 0 atom stereocenters. The first-order valence-electron chi connectivity index (χ1n) is 8.24. The highest BCUT2D eigenvalue weighted by atomic mass is 35.5. The van der Waals surface area contributed by atoms with Crippen LogP contribution in [0.3, 0.4) is 0 Å². The standard InChI is InChI=1S/C21H19ClO5/c1-2-20(23)26-15-3-14-25-18-9-11-19(12-10-18)27-21(24)13-6-16-4-7-17(22)8-5-16/h2,4-13H,1,3,14-15H2. The van der Waals surface area contributed by atoms with Crippen LogP contribution in [0.5, 0.6) is 11.5 Å². The van der Waals surface area contributed by atoms with Crippen LogP contribution in [-0.2, 0) is 14.3 Å². The molecule has 0 aliphatic carbocycles. The molecule has 2 aromatic carbocycles. The molecule has 0 N–H and O–H groups in total. The van der Waals surface area contributed by atoms with E-state index in [0.29, 0.717) is 29.5 Å². The first-order chi connectivity index (χ1) is 13.1. The Hall–Kier alpha value is -3.05. The van der Waals surface area contributed by atoms with Gasteiger partial charge in [-0.05, 0) is 48.0 Å². The number of esters is 2. The Kier molecular flexibility index (Phi) is 8.13. The Labute approximate surface area is 162 Å². The van der Waals surface area contributed by atoms with Crippen LogP contribution in [0, 0.1) is 0 Å². The van der Waals surface area contributed by atoms with Crippen molar-refractivity contribution in [1.29, 1.82) is 0 Å². The summed E-state index contributed by atoms with van der Waals surface area (Å²) >= 11 is 5.81. The summed E-state index contributed by atoms with van der Waals surface area (Å²) in [6.45, 7) is 3.98. The smallest absolute Gasteiger partial charge is 0.336 e. The molecule has 0 spiro atoms. The third kappa shape index (κ3) is 7.79. The summed E-state index contributed by atoms with van der Waals surface area (Å²) in [5.74, 6) is 0.100. The van der Waals surface area contributed by atoms with Gasteiger partial charge in [-0.25, -0.2) is 9.59 Å². The van der Waals surface area contributed by atoms with Crippen molar-refractivity contribution in [2.75, 3.05) is 13.2 Å². The summed E-state index contributed by atoms with van der Waals surface area (Å²) in [6, 6.07) is 13.8. The maximum atomic E-state index is 11.8. The van der Waals surface area contributed by atoms with Crippen LogP contribution in [0.2, 0.25) is 5.02 Å². The van der Waals surface area contributed by atoms with Gasteiger partial charge in [0.2, 0.25) is 0 Å². The Balaban J connectivity index is 1.74. The molecule has 27 heavy (non-hydrogen) atoms. The van der Waals surface area contributed by atoms with Crippen LogP contribution < -0.4 is 9.47 Å². The fourth-order valence-corrected chi connectivity index (χ4v) is 2.10. The summed E-state index contributed by atoms with van der Waals surface area (Å²) in [7, 11) is 0. The van der Waals surface area contributed by atoms with Gasteiger partial charge >= 0.3 is 11.9 Å². The van der Waals surface area contributed by atoms with Crippen molar-refractivity contribution < 1.29 is 23.8 Å². The van der Waals surface area contributed by atoms with E-state index in [9.17, 15) is 9.59 Å². The highest BCUT2D eigenvalue weighted by Gasteiger charge is 2.02. The minimum Gasteiger partial charge on any atom is -0.493 e. The van der Waals surface area contributed by atoms with Gasteiger partial charge < -0.3 is 14.2 Å². The van der Waals surface area contributed by atoms with Gasteiger partial charge in [0.1, 0.15) is 11.5 Å². The fourth-order valence-electron chi connectivity index (χ4n) is 1.97. The van der Waals surface area contributed by atoms with E-state index in [0.717, 1.165) is 11.6 Å². The molecule has 0 fully saturated rings. The van der Waals surface area contributed by atoms with Crippen molar-refractivity contribution in [1.82, 2.24) is 0 Å². The minimum absolute atomic E-state index is 0.264. The summed E-state index contributed by atoms with van der Waals surface area (Å²) in [5, 5.41) is 0.634. The molecule has 2 rings (SSSR count). The number of carbonyl (C=O) groups excluding carboxylic acids is 2. The summed E-state index contributed by atoms with van der Waals surface area (Å²) < 4.78 is 15.6. The molecule has 0 amide bonds. The quantitative estimate of drug-likeness (QED) is 0.275. The lowest BCUT2D eigenvalue weighted by Crippen LogP contribution is -2.06. The predicted molar refractivity (Wildman–Crippen MR) is 104 cm³/mol. The van der Waals surface area contributed by atoms with Crippen LogP contribution in [0.15, 0.2) is 67.3 Å². The zero-order valence-corrected chi connectivity index (χ0v) is 15.4. The maximum absolute atomic E-state index is 11.8. The molecular formula is C21H19ClO5. The lowest BCUT2D eigenvalue weighted by Gasteiger charge is -2.07. The molecule has 0 bridgehead atoms. The van der Waals surface area contributed by atoms with Crippen LogP contribution in [0.4, 0.5) is 0 Å².